The van der Waals surface area contributed by atoms with Crippen molar-refractivity contribution in [2.24, 2.45) is 0 Å². The van der Waals surface area contributed by atoms with Crippen LogP contribution in [-0.2, 0) is 19.6 Å². The van der Waals surface area contributed by atoms with Gasteiger partial charge in [0.05, 0.1) is 10.5 Å². The molecule has 0 aromatic heterocycles. The molecule has 0 aliphatic carbocycles. The first-order valence-corrected chi connectivity index (χ1v) is 11.4. The van der Waals surface area contributed by atoms with Gasteiger partial charge in [-0.3, -0.25) is 4.79 Å². The van der Waals surface area contributed by atoms with Gasteiger partial charge in [0.2, 0.25) is 10.0 Å². The third-order valence-corrected chi connectivity index (χ3v) is 7.28. The molecule has 0 saturated carbocycles. The number of ether oxygens (including phenoxy) is 1. The van der Waals surface area contributed by atoms with Gasteiger partial charge in [0.25, 0.3) is 5.91 Å². The van der Waals surface area contributed by atoms with Gasteiger partial charge in [-0.15, -0.1) is 0 Å². The average molecular weight is 451 g/mol. The number of carbonyl (C=O) groups is 2. The third-order valence-electron chi connectivity index (χ3n) is 4.92. The second-order valence-corrected chi connectivity index (χ2v) is 9.31. The number of hydrogen-bond acceptors (Lipinski definition) is 5. The van der Waals surface area contributed by atoms with Crippen molar-refractivity contribution in [3.8, 4) is 0 Å². The van der Waals surface area contributed by atoms with Gasteiger partial charge in [0, 0.05) is 23.8 Å². The van der Waals surface area contributed by atoms with E-state index < -0.39 is 28.5 Å². The van der Waals surface area contributed by atoms with Gasteiger partial charge in [-0.1, -0.05) is 36.2 Å². The van der Waals surface area contributed by atoms with E-state index in [0.29, 0.717) is 29.4 Å². The summed E-state index contributed by atoms with van der Waals surface area (Å²) in [4.78, 5) is 24.6. The number of nitrogens with zero attached hydrogens (tertiary/aromatic N) is 1. The van der Waals surface area contributed by atoms with E-state index in [1.807, 2.05) is 0 Å². The molecule has 9 heteroatoms. The zero-order chi connectivity index (χ0) is 21.7. The maximum atomic E-state index is 13.0. The van der Waals surface area contributed by atoms with Crippen LogP contribution in [0.25, 0.3) is 0 Å². The van der Waals surface area contributed by atoms with Crippen LogP contribution in [0.2, 0.25) is 5.02 Å². The minimum absolute atomic E-state index is 0.0881. The fourth-order valence-electron chi connectivity index (χ4n) is 3.24. The first-order valence-electron chi connectivity index (χ1n) is 9.62. The Labute approximate surface area is 181 Å². The van der Waals surface area contributed by atoms with Crippen molar-refractivity contribution in [1.82, 2.24) is 4.31 Å². The van der Waals surface area contributed by atoms with E-state index in [1.165, 1.54) is 16.4 Å². The molecule has 1 fully saturated rings. The monoisotopic (exact) mass is 450 g/mol. The van der Waals surface area contributed by atoms with Crippen LogP contribution in [0.3, 0.4) is 0 Å². The molecule has 3 rings (SSSR count). The van der Waals surface area contributed by atoms with Crippen molar-refractivity contribution in [2.75, 3.05) is 25.0 Å². The molecule has 2 aromatic carbocycles. The van der Waals surface area contributed by atoms with Crippen molar-refractivity contribution < 1.29 is 22.7 Å². The van der Waals surface area contributed by atoms with E-state index in [4.69, 9.17) is 16.3 Å². The minimum atomic E-state index is -3.82. The van der Waals surface area contributed by atoms with Gasteiger partial charge in [0.15, 0.2) is 6.61 Å². The lowest BCUT2D eigenvalue weighted by Crippen LogP contribution is -2.36. The van der Waals surface area contributed by atoms with Crippen LogP contribution in [0.5, 0.6) is 0 Å². The Balaban J connectivity index is 1.70. The highest BCUT2D eigenvalue weighted by Gasteiger charge is 2.30. The molecule has 0 bridgehead atoms. The van der Waals surface area contributed by atoms with Gasteiger partial charge < -0.3 is 10.1 Å². The summed E-state index contributed by atoms with van der Waals surface area (Å²) in [5, 5.41) is 3.13. The fraction of sp³-hybridized carbons (Fsp3) is 0.333. The predicted octanol–water partition coefficient (Wildman–Crippen LogP) is 3.62. The van der Waals surface area contributed by atoms with Crippen LogP contribution < -0.4 is 5.32 Å². The minimum Gasteiger partial charge on any atom is -0.452 e. The summed E-state index contributed by atoms with van der Waals surface area (Å²) in [5.41, 5.74) is 1.11. The number of hydrogen-bond donors (Lipinski definition) is 1. The second-order valence-electron chi connectivity index (χ2n) is 7.00. The highest BCUT2D eigenvalue weighted by molar-refractivity contribution is 7.89. The van der Waals surface area contributed by atoms with Crippen LogP contribution in [0.1, 0.15) is 35.2 Å². The molecule has 1 aliphatic rings. The highest BCUT2D eigenvalue weighted by Crippen LogP contribution is 2.25. The summed E-state index contributed by atoms with van der Waals surface area (Å²) in [7, 11) is -3.82. The van der Waals surface area contributed by atoms with Gasteiger partial charge in [-0.2, -0.15) is 4.31 Å². The number of esters is 1. The van der Waals surface area contributed by atoms with Crippen molar-refractivity contribution >= 4 is 39.2 Å². The summed E-state index contributed by atoms with van der Waals surface area (Å²) < 4.78 is 32.4. The topological polar surface area (TPSA) is 92.8 Å². The van der Waals surface area contributed by atoms with Gasteiger partial charge in [0.1, 0.15) is 0 Å². The van der Waals surface area contributed by atoms with Crippen molar-refractivity contribution in [3.63, 3.8) is 0 Å². The number of benzene rings is 2. The zero-order valence-electron chi connectivity index (χ0n) is 16.6. The summed E-state index contributed by atoms with van der Waals surface area (Å²) in [6.07, 6.45) is 2.56. The maximum absolute atomic E-state index is 13.0. The third kappa shape index (κ3) is 5.00. The van der Waals surface area contributed by atoms with Crippen molar-refractivity contribution in [2.45, 2.75) is 31.1 Å². The van der Waals surface area contributed by atoms with Gasteiger partial charge in [-0.25, -0.2) is 13.2 Å². The number of piperidine rings is 1. The number of amides is 1. The molecule has 1 aliphatic heterocycles. The van der Waals surface area contributed by atoms with E-state index in [2.05, 4.69) is 5.32 Å². The molecule has 1 amide bonds. The standard InChI is InChI=1S/C21H23ClN2O5S/c1-15-17(22)9-7-10-18(15)23-20(25)14-29-21(26)16-8-3-4-11-19(16)30(27,28)24-12-5-2-6-13-24/h3-4,7-11H,2,5-6,12-14H2,1H3,(H,23,25). The molecule has 0 unspecified atom stereocenters. The molecule has 1 N–H and O–H groups in total. The summed E-state index contributed by atoms with van der Waals surface area (Å²) in [6.45, 7) is 2.05. The highest BCUT2D eigenvalue weighted by atomic mass is 35.5. The molecular formula is C21H23ClN2O5S. The van der Waals surface area contributed by atoms with E-state index in [0.717, 1.165) is 19.3 Å². The quantitative estimate of drug-likeness (QED) is 0.678. The van der Waals surface area contributed by atoms with E-state index in [1.54, 1.807) is 37.3 Å². The Morgan fingerprint density at radius 2 is 1.77 bits per heavy atom. The number of halogens is 1. The lowest BCUT2D eigenvalue weighted by molar-refractivity contribution is -0.119. The summed E-state index contributed by atoms with van der Waals surface area (Å²) in [5.74, 6) is -1.42. The molecule has 1 heterocycles. The Morgan fingerprint density at radius 1 is 1.07 bits per heavy atom. The van der Waals surface area contributed by atoms with Gasteiger partial charge in [-0.05, 0) is 49.6 Å². The lowest BCUT2D eigenvalue weighted by Gasteiger charge is -2.26. The van der Waals surface area contributed by atoms with Crippen molar-refractivity contribution in [3.05, 3.63) is 58.6 Å². The summed E-state index contributed by atoms with van der Waals surface area (Å²) >= 11 is 6.03. The van der Waals surface area contributed by atoms with Crippen LogP contribution in [0.4, 0.5) is 5.69 Å². The molecule has 0 atom stereocenters. The Bertz CT molecular complexity index is 1050. The summed E-state index contributed by atoms with van der Waals surface area (Å²) in [6, 6.07) is 11.0. The van der Waals surface area contributed by atoms with E-state index in [-0.39, 0.29) is 10.5 Å². The predicted molar refractivity (Wildman–Crippen MR) is 114 cm³/mol. The fourth-order valence-corrected chi connectivity index (χ4v) is 5.11. The van der Waals surface area contributed by atoms with Gasteiger partial charge >= 0.3 is 5.97 Å². The molecular weight excluding hydrogens is 428 g/mol. The van der Waals surface area contributed by atoms with Crippen molar-refractivity contribution in [1.29, 1.82) is 0 Å². The first kappa shape index (κ1) is 22.3. The van der Waals surface area contributed by atoms with E-state index >= 15 is 0 Å². The van der Waals surface area contributed by atoms with Crippen LogP contribution in [0, 0.1) is 6.92 Å². The van der Waals surface area contributed by atoms with E-state index in [9.17, 15) is 18.0 Å². The number of sulfonamides is 1. The Hall–Kier alpha value is -2.42. The molecule has 30 heavy (non-hydrogen) atoms. The Morgan fingerprint density at radius 3 is 2.50 bits per heavy atom. The molecule has 0 radical (unpaired) electrons. The molecule has 2 aromatic rings. The second kappa shape index (κ2) is 9.59. The zero-order valence-corrected chi connectivity index (χ0v) is 18.1. The molecule has 1 saturated heterocycles. The largest absolute Gasteiger partial charge is 0.452 e. The number of carbonyl (C=O) groups excluding carboxylic acids is 2. The number of nitrogens with one attached hydrogen (secondary N) is 1. The maximum Gasteiger partial charge on any atom is 0.340 e. The lowest BCUT2D eigenvalue weighted by atomic mass is 10.2. The van der Waals surface area contributed by atoms with Crippen LogP contribution >= 0.6 is 11.6 Å². The number of anilines is 1. The Kier molecular flexibility index (Phi) is 7.12. The average Bonchev–Trinajstić information content (AvgIpc) is 2.76. The SMILES string of the molecule is Cc1c(Cl)cccc1NC(=O)COC(=O)c1ccccc1S(=O)(=O)N1CCCCC1. The molecule has 160 valence electrons. The molecule has 0 spiro atoms. The van der Waals surface area contributed by atoms with Crippen LogP contribution in [-0.4, -0.2) is 44.3 Å². The van der Waals surface area contributed by atoms with Crippen LogP contribution in [0.15, 0.2) is 47.4 Å². The molecule has 7 nitrogen and oxygen atoms in total. The normalized spacial score (nSPS) is 14.9. The number of rotatable bonds is 6. The first-order chi connectivity index (χ1) is 14.3. The smallest absolute Gasteiger partial charge is 0.340 e.